The van der Waals surface area contributed by atoms with Crippen LogP contribution >= 0.6 is 35.0 Å². The van der Waals surface area contributed by atoms with Gasteiger partial charge in [0.05, 0.1) is 40.1 Å². The Morgan fingerprint density at radius 1 is 1.05 bits per heavy atom. The highest BCUT2D eigenvalue weighted by molar-refractivity contribution is 7.99. The van der Waals surface area contributed by atoms with Gasteiger partial charge < -0.3 is 19.9 Å². The highest BCUT2D eigenvalue weighted by atomic mass is 35.5. The van der Waals surface area contributed by atoms with Gasteiger partial charge in [-0.1, -0.05) is 60.9 Å². The number of hydrogen-bond acceptors (Lipinski definition) is 7. The highest BCUT2D eigenvalue weighted by Crippen LogP contribution is 2.26. The minimum atomic E-state index is -0.598. The van der Waals surface area contributed by atoms with Crippen LogP contribution in [0.4, 0.5) is 5.69 Å². The molecule has 0 saturated heterocycles. The fraction of sp³-hybridized carbons (Fsp3) is 0.320. The van der Waals surface area contributed by atoms with Gasteiger partial charge >= 0.3 is 5.97 Å². The molecule has 0 aliphatic heterocycles. The average Bonchev–Trinajstić information content (AvgIpc) is 3.23. The van der Waals surface area contributed by atoms with E-state index in [4.69, 9.17) is 27.9 Å². The van der Waals surface area contributed by atoms with Crippen molar-refractivity contribution in [3.63, 3.8) is 0 Å². The van der Waals surface area contributed by atoms with E-state index in [1.54, 1.807) is 41.9 Å². The summed E-state index contributed by atoms with van der Waals surface area (Å²) in [6.07, 6.45) is 0.631. The van der Waals surface area contributed by atoms with Crippen LogP contribution in [0.15, 0.2) is 47.6 Å². The maximum Gasteiger partial charge on any atom is 0.339 e. The van der Waals surface area contributed by atoms with E-state index in [0.29, 0.717) is 33.7 Å². The quantitative estimate of drug-likeness (QED) is 0.258. The van der Waals surface area contributed by atoms with Crippen LogP contribution in [0.2, 0.25) is 10.0 Å². The summed E-state index contributed by atoms with van der Waals surface area (Å²) in [5.41, 5.74) is 0.944. The molecule has 196 valence electrons. The second-order valence-electron chi connectivity index (χ2n) is 8.56. The van der Waals surface area contributed by atoms with Gasteiger partial charge in [-0.2, -0.15) is 0 Å². The molecular formula is C25H27Cl2N5O4S. The van der Waals surface area contributed by atoms with Gasteiger partial charge in [-0.25, -0.2) is 4.79 Å². The standard InChI is InChI=1S/C25H27Cl2N5O4S/c1-14(2)11-20(29-23(34)16-7-5-6-8-18(16)26)22-30-31-25(32(22)3)37-13-21(33)28-15-9-10-19(27)17(12-15)24(35)36-4/h5-10,12,14,20H,11,13H2,1-4H3,(H,28,33)(H,29,34). The highest BCUT2D eigenvalue weighted by Gasteiger charge is 2.24. The van der Waals surface area contributed by atoms with Gasteiger partial charge in [0, 0.05) is 12.7 Å². The second-order valence-corrected chi connectivity index (χ2v) is 10.3. The zero-order valence-corrected chi connectivity index (χ0v) is 23.1. The van der Waals surface area contributed by atoms with Crippen molar-refractivity contribution in [3.8, 4) is 0 Å². The van der Waals surface area contributed by atoms with E-state index in [1.807, 2.05) is 13.8 Å². The number of esters is 1. The SMILES string of the molecule is COC(=O)c1cc(NC(=O)CSc2nnc(C(CC(C)C)NC(=O)c3ccccc3Cl)n2C)ccc1Cl. The molecule has 0 spiro atoms. The predicted octanol–water partition coefficient (Wildman–Crippen LogP) is 5.16. The zero-order chi connectivity index (χ0) is 27.1. The molecule has 0 aliphatic rings. The topological polar surface area (TPSA) is 115 Å². The number of halogens is 2. The van der Waals surface area contributed by atoms with Gasteiger partial charge in [0.25, 0.3) is 5.91 Å². The van der Waals surface area contributed by atoms with Crippen LogP contribution in [0.1, 0.15) is 52.9 Å². The fourth-order valence-corrected chi connectivity index (χ4v) is 4.67. The number of rotatable bonds is 10. The molecule has 0 radical (unpaired) electrons. The normalized spacial score (nSPS) is 11.8. The van der Waals surface area contributed by atoms with Crippen molar-refractivity contribution in [2.24, 2.45) is 13.0 Å². The van der Waals surface area contributed by atoms with Crippen molar-refractivity contribution >= 4 is 58.4 Å². The molecule has 2 amide bonds. The lowest BCUT2D eigenvalue weighted by Gasteiger charge is -2.20. The average molecular weight is 564 g/mol. The number of amides is 2. The molecule has 12 heteroatoms. The maximum absolute atomic E-state index is 12.9. The molecule has 0 fully saturated rings. The molecule has 1 unspecified atom stereocenters. The first-order valence-corrected chi connectivity index (χ1v) is 13.1. The van der Waals surface area contributed by atoms with Crippen LogP contribution in [0.3, 0.4) is 0 Å². The molecule has 0 saturated carbocycles. The van der Waals surface area contributed by atoms with Gasteiger partial charge in [0.1, 0.15) is 0 Å². The molecule has 2 aromatic carbocycles. The molecule has 2 N–H and O–H groups in total. The number of nitrogens with zero attached hydrogens (tertiary/aromatic N) is 3. The minimum Gasteiger partial charge on any atom is -0.465 e. The second kappa shape index (κ2) is 12.9. The summed E-state index contributed by atoms with van der Waals surface area (Å²) < 4.78 is 6.46. The third kappa shape index (κ3) is 7.47. The first-order valence-electron chi connectivity index (χ1n) is 11.4. The molecule has 3 rings (SSSR count). The van der Waals surface area contributed by atoms with Crippen LogP contribution in [-0.2, 0) is 16.6 Å². The van der Waals surface area contributed by atoms with E-state index < -0.39 is 12.0 Å². The summed E-state index contributed by atoms with van der Waals surface area (Å²) in [5, 5.41) is 15.4. The Balaban J connectivity index is 1.69. The molecular weight excluding hydrogens is 537 g/mol. The van der Waals surface area contributed by atoms with Crippen LogP contribution in [0, 0.1) is 5.92 Å². The lowest BCUT2D eigenvalue weighted by Crippen LogP contribution is -2.31. The summed E-state index contributed by atoms with van der Waals surface area (Å²) >= 11 is 13.4. The van der Waals surface area contributed by atoms with Crippen molar-refractivity contribution in [1.29, 1.82) is 0 Å². The first kappa shape index (κ1) is 28.5. The number of hydrogen-bond donors (Lipinski definition) is 2. The van der Waals surface area contributed by atoms with Crippen LogP contribution in [-0.4, -0.2) is 45.4 Å². The monoisotopic (exact) mass is 563 g/mol. The molecule has 3 aromatic rings. The van der Waals surface area contributed by atoms with E-state index >= 15 is 0 Å². The van der Waals surface area contributed by atoms with E-state index in [2.05, 4.69) is 20.8 Å². The van der Waals surface area contributed by atoms with Crippen molar-refractivity contribution in [2.45, 2.75) is 31.5 Å². The van der Waals surface area contributed by atoms with Crippen molar-refractivity contribution in [3.05, 3.63) is 69.5 Å². The van der Waals surface area contributed by atoms with Crippen molar-refractivity contribution < 1.29 is 19.1 Å². The van der Waals surface area contributed by atoms with Gasteiger partial charge in [0.2, 0.25) is 5.91 Å². The summed E-state index contributed by atoms with van der Waals surface area (Å²) in [7, 11) is 3.04. The van der Waals surface area contributed by atoms with Gasteiger partial charge in [-0.3, -0.25) is 9.59 Å². The fourth-order valence-electron chi connectivity index (χ4n) is 3.53. The molecule has 37 heavy (non-hydrogen) atoms. The Morgan fingerprint density at radius 2 is 1.76 bits per heavy atom. The van der Waals surface area contributed by atoms with E-state index in [1.165, 1.54) is 31.0 Å². The number of benzene rings is 2. The number of methoxy groups -OCH3 is 1. The third-order valence-electron chi connectivity index (χ3n) is 5.30. The summed E-state index contributed by atoms with van der Waals surface area (Å²) in [5.74, 6) is -0.328. The zero-order valence-electron chi connectivity index (χ0n) is 20.7. The number of nitrogens with one attached hydrogen (secondary N) is 2. The smallest absolute Gasteiger partial charge is 0.339 e. The van der Waals surface area contributed by atoms with Crippen LogP contribution in [0.25, 0.3) is 0 Å². The number of thioether (sulfide) groups is 1. The number of anilines is 1. The lowest BCUT2D eigenvalue weighted by atomic mass is 10.0. The first-order chi connectivity index (χ1) is 17.6. The van der Waals surface area contributed by atoms with E-state index in [-0.39, 0.29) is 34.1 Å². The molecule has 0 bridgehead atoms. The lowest BCUT2D eigenvalue weighted by molar-refractivity contribution is -0.113. The van der Waals surface area contributed by atoms with Crippen LogP contribution in [0.5, 0.6) is 0 Å². The Labute approximate surface area is 229 Å². The molecule has 1 atom stereocenters. The van der Waals surface area contributed by atoms with E-state index in [9.17, 15) is 14.4 Å². The maximum atomic E-state index is 12.9. The van der Waals surface area contributed by atoms with Gasteiger partial charge in [-0.05, 0) is 42.7 Å². The Bertz CT molecular complexity index is 1300. The number of carbonyl (C=O) groups is 3. The van der Waals surface area contributed by atoms with Gasteiger partial charge in [0.15, 0.2) is 11.0 Å². The third-order valence-corrected chi connectivity index (χ3v) is 6.98. The predicted molar refractivity (Wildman–Crippen MR) is 144 cm³/mol. The number of ether oxygens (including phenoxy) is 1. The largest absolute Gasteiger partial charge is 0.465 e. The Kier molecular flexibility index (Phi) is 9.96. The summed E-state index contributed by atoms with van der Waals surface area (Å²) in [4.78, 5) is 37.3. The molecule has 1 heterocycles. The van der Waals surface area contributed by atoms with Crippen LogP contribution < -0.4 is 10.6 Å². The minimum absolute atomic E-state index is 0.0446. The molecule has 0 aliphatic carbocycles. The van der Waals surface area contributed by atoms with E-state index in [0.717, 1.165) is 0 Å². The molecule has 1 aromatic heterocycles. The van der Waals surface area contributed by atoms with Crippen molar-refractivity contribution in [2.75, 3.05) is 18.2 Å². The van der Waals surface area contributed by atoms with Crippen molar-refractivity contribution in [1.82, 2.24) is 20.1 Å². The Morgan fingerprint density at radius 3 is 2.43 bits per heavy atom. The summed E-state index contributed by atoms with van der Waals surface area (Å²) in [6, 6.07) is 11.0. The number of carbonyl (C=O) groups excluding carboxylic acids is 3. The summed E-state index contributed by atoms with van der Waals surface area (Å²) in [6.45, 7) is 4.10. The number of aromatic nitrogens is 3. The van der Waals surface area contributed by atoms with Gasteiger partial charge in [-0.15, -0.1) is 10.2 Å². The molecule has 9 nitrogen and oxygen atoms in total. The Hall–Kier alpha value is -3.08.